The van der Waals surface area contributed by atoms with Crippen LogP contribution in [0, 0.1) is 6.92 Å². The van der Waals surface area contributed by atoms with Gasteiger partial charge in [0.05, 0.1) is 11.9 Å². The van der Waals surface area contributed by atoms with Gasteiger partial charge in [0.2, 0.25) is 5.91 Å². The monoisotopic (exact) mass is 428 g/mol. The number of phenols is 1. The molecule has 4 rings (SSSR count). The summed E-state index contributed by atoms with van der Waals surface area (Å²) in [5.74, 6) is 0.314. The Bertz CT molecular complexity index is 1280. The predicted molar refractivity (Wildman–Crippen MR) is 124 cm³/mol. The number of phenolic OH excluding ortho intramolecular Hbond substituents is 1. The lowest BCUT2D eigenvalue weighted by molar-refractivity contribution is -0.126. The maximum absolute atomic E-state index is 12.5. The second-order valence-electron chi connectivity index (χ2n) is 7.48. The van der Waals surface area contributed by atoms with E-state index in [-0.39, 0.29) is 11.7 Å². The van der Waals surface area contributed by atoms with Gasteiger partial charge >= 0.3 is 0 Å². The third kappa shape index (κ3) is 4.15. The molecular formula is C24H24N6O2. The van der Waals surface area contributed by atoms with Crippen LogP contribution >= 0.6 is 0 Å². The number of fused-ring (bicyclic) bond motifs is 1. The standard InChI is InChI=1S/C24H24N6O2/c1-3-20(32)29(14-17-7-5-4-6-8-17)11-12-30-24-21(23(25)26-15-27-24)22(28-30)18-10-9-16(2)19(31)13-18/h3-10,13,15,31H,1,11-12,14H2,2H3,(H2,25,26,27). The molecule has 8 nitrogen and oxygen atoms in total. The van der Waals surface area contributed by atoms with Gasteiger partial charge < -0.3 is 15.7 Å². The molecular weight excluding hydrogens is 404 g/mol. The molecule has 0 saturated heterocycles. The van der Waals surface area contributed by atoms with Crippen LogP contribution in [0.5, 0.6) is 5.75 Å². The molecule has 0 radical (unpaired) electrons. The first-order chi connectivity index (χ1) is 15.5. The summed E-state index contributed by atoms with van der Waals surface area (Å²) in [6, 6.07) is 15.1. The number of rotatable bonds is 7. The van der Waals surface area contributed by atoms with Gasteiger partial charge in [0.25, 0.3) is 0 Å². The number of anilines is 1. The largest absolute Gasteiger partial charge is 0.508 e. The lowest BCUT2D eigenvalue weighted by Gasteiger charge is -2.21. The minimum absolute atomic E-state index is 0.164. The lowest BCUT2D eigenvalue weighted by Crippen LogP contribution is -2.32. The molecule has 0 spiro atoms. The van der Waals surface area contributed by atoms with E-state index in [1.165, 1.54) is 12.4 Å². The number of hydrogen-bond acceptors (Lipinski definition) is 6. The van der Waals surface area contributed by atoms with E-state index in [4.69, 9.17) is 10.8 Å². The normalized spacial score (nSPS) is 10.9. The summed E-state index contributed by atoms with van der Waals surface area (Å²) in [6.45, 7) is 6.71. The Morgan fingerprint density at radius 3 is 2.72 bits per heavy atom. The van der Waals surface area contributed by atoms with Gasteiger partial charge in [-0.2, -0.15) is 5.10 Å². The molecule has 0 fully saturated rings. The molecule has 8 heteroatoms. The second-order valence-corrected chi connectivity index (χ2v) is 7.48. The third-order valence-corrected chi connectivity index (χ3v) is 5.33. The fourth-order valence-corrected chi connectivity index (χ4v) is 3.56. The van der Waals surface area contributed by atoms with E-state index in [9.17, 15) is 9.90 Å². The summed E-state index contributed by atoms with van der Waals surface area (Å²) >= 11 is 0. The van der Waals surface area contributed by atoms with Gasteiger partial charge in [-0.1, -0.05) is 49.0 Å². The van der Waals surface area contributed by atoms with E-state index in [1.54, 1.807) is 15.6 Å². The fraction of sp³-hybridized carbons (Fsp3) is 0.167. The van der Waals surface area contributed by atoms with Crippen molar-refractivity contribution >= 4 is 22.8 Å². The van der Waals surface area contributed by atoms with Gasteiger partial charge in [-0.3, -0.25) is 4.79 Å². The van der Waals surface area contributed by atoms with Crippen LogP contribution in [0.4, 0.5) is 5.82 Å². The zero-order valence-corrected chi connectivity index (χ0v) is 17.8. The SMILES string of the molecule is C=CC(=O)N(CCn1nc(-c2ccc(C)c(O)c2)c2c(N)ncnc21)Cc1ccccc1. The van der Waals surface area contributed by atoms with Crippen LogP contribution in [-0.2, 0) is 17.9 Å². The first kappa shape index (κ1) is 21.0. The molecule has 0 atom stereocenters. The number of nitrogens with zero attached hydrogens (tertiary/aromatic N) is 5. The van der Waals surface area contributed by atoms with Crippen LogP contribution in [0.2, 0.25) is 0 Å². The molecule has 0 unspecified atom stereocenters. The average Bonchev–Trinajstić information content (AvgIpc) is 3.18. The summed E-state index contributed by atoms with van der Waals surface area (Å²) in [6.07, 6.45) is 2.70. The van der Waals surface area contributed by atoms with Crippen molar-refractivity contribution in [3.8, 4) is 17.0 Å². The average molecular weight is 428 g/mol. The first-order valence-electron chi connectivity index (χ1n) is 10.2. The first-order valence-corrected chi connectivity index (χ1v) is 10.2. The van der Waals surface area contributed by atoms with Gasteiger partial charge in [-0.25, -0.2) is 14.6 Å². The van der Waals surface area contributed by atoms with Gasteiger partial charge in [0, 0.05) is 18.7 Å². The number of carbonyl (C=O) groups is 1. The highest BCUT2D eigenvalue weighted by Gasteiger charge is 2.19. The van der Waals surface area contributed by atoms with Gasteiger partial charge in [-0.15, -0.1) is 0 Å². The van der Waals surface area contributed by atoms with Crippen molar-refractivity contribution in [2.75, 3.05) is 12.3 Å². The van der Waals surface area contributed by atoms with Gasteiger partial charge in [0.1, 0.15) is 23.6 Å². The molecule has 4 aromatic rings. The third-order valence-electron chi connectivity index (χ3n) is 5.33. The number of nitrogens with two attached hydrogens (primary N) is 1. The zero-order valence-electron chi connectivity index (χ0n) is 17.8. The van der Waals surface area contributed by atoms with E-state index in [1.807, 2.05) is 49.4 Å². The van der Waals surface area contributed by atoms with E-state index in [0.29, 0.717) is 47.7 Å². The van der Waals surface area contributed by atoms with Crippen molar-refractivity contribution in [2.24, 2.45) is 0 Å². The topological polar surface area (TPSA) is 110 Å². The number of carbonyl (C=O) groups excluding carboxylic acids is 1. The van der Waals surface area contributed by atoms with Crippen molar-refractivity contribution in [2.45, 2.75) is 20.0 Å². The van der Waals surface area contributed by atoms with Crippen LogP contribution in [-0.4, -0.2) is 42.2 Å². The quantitative estimate of drug-likeness (QED) is 0.437. The molecule has 2 heterocycles. The molecule has 3 N–H and O–H groups in total. The molecule has 32 heavy (non-hydrogen) atoms. The van der Waals surface area contributed by atoms with E-state index < -0.39 is 0 Å². The summed E-state index contributed by atoms with van der Waals surface area (Å²) in [5.41, 5.74) is 9.81. The van der Waals surface area contributed by atoms with Crippen molar-refractivity contribution in [3.63, 3.8) is 0 Å². The summed E-state index contributed by atoms with van der Waals surface area (Å²) in [7, 11) is 0. The number of aryl methyl sites for hydroxylation is 1. The number of aromatic nitrogens is 4. The van der Waals surface area contributed by atoms with Crippen LogP contribution < -0.4 is 5.73 Å². The predicted octanol–water partition coefficient (Wildman–Crippen LogP) is 3.30. The van der Waals surface area contributed by atoms with E-state index in [0.717, 1.165) is 11.1 Å². The molecule has 0 saturated carbocycles. The van der Waals surface area contributed by atoms with E-state index in [2.05, 4.69) is 16.5 Å². The Kier molecular flexibility index (Phi) is 5.85. The summed E-state index contributed by atoms with van der Waals surface area (Å²) in [5, 5.41) is 15.5. The molecule has 0 aliphatic heterocycles. The number of nitrogen functional groups attached to an aromatic ring is 1. The molecule has 2 aromatic carbocycles. The molecule has 0 bridgehead atoms. The maximum atomic E-state index is 12.5. The number of benzene rings is 2. The van der Waals surface area contributed by atoms with E-state index >= 15 is 0 Å². The lowest BCUT2D eigenvalue weighted by atomic mass is 10.1. The van der Waals surface area contributed by atoms with Crippen LogP contribution in [0.1, 0.15) is 11.1 Å². The highest BCUT2D eigenvalue weighted by Crippen LogP contribution is 2.32. The van der Waals surface area contributed by atoms with Crippen molar-refractivity contribution in [1.29, 1.82) is 0 Å². The number of hydrogen-bond donors (Lipinski definition) is 2. The number of amides is 1. The smallest absolute Gasteiger partial charge is 0.246 e. The van der Waals surface area contributed by atoms with Gasteiger partial charge in [-0.05, 0) is 30.2 Å². The van der Waals surface area contributed by atoms with Crippen molar-refractivity contribution in [3.05, 3.63) is 78.6 Å². The Hall–Kier alpha value is -4.20. The highest BCUT2D eigenvalue weighted by atomic mass is 16.3. The Labute approximate surface area is 185 Å². The minimum atomic E-state index is -0.164. The molecule has 1 amide bonds. The van der Waals surface area contributed by atoms with Crippen molar-refractivity contribution < 1.29 is 9.90 Å². The summed E-state index contributed by atoms with van der Waals surface area (Å²) in [4.78, 5) is 22.7. The van der Waals surface area contributed by atoms with Crippen LogP contribution in [0.25, 0.3) is 22.3 Å². The maximum Gasteiger partial charge on any atom is 0.246 e. The molecule has 0 aliphatic rings. The van der Waals surface area contributed by atoms with Crippen molar-refractivity contribution in [1.82, 2.24) is 24.6 Å². The molecule has 162 valence electrons. The fourth-order valence-electron chi connectivity index (χ4n) is 3.56. The molecule has 2 aromatic heterocycles. The minimum Gasteiger partial charge on any atom is -0.508 e. The zero-order chi connectivity index (χ0) is 22.7. The summed E-state index contributed by atoms with van der Waals surface area (Å²) < 4.78 is 1.72. The van der Waals surface area contributed by atoms with Crippen LogP contribution in [0.3, 0.4) is 0 Å². The molecule has 0 aliphatic carbocycles. The van der Waals surface area contributed by atoms with Gasteiger partial charge in [0.15, 0.2) is 5.65 Å². The number of aromatic hydroxyl groups is 1. The Morgan fingerprint density at radius 2 is 2.00 bits per heavy atom. The Morgan fingerprint density at radius 1 is 1.22 bits per heavy atom. The highest BCUT2D eigenvalue weighted by molar-refractivity contribution is 5.98. The van der Waals surface area contributed by atoms with Crippen LogP contribution in [0.15, 0.2) is 67.5 Å². The second kappa shape index (κ2) is 8.89. The Balaban J connectivity index is 1.68.